The Morgan fingerprint density at radius 2 is 2.15 bits per heavy atom. The molecule has 0 saturated carbocycles. The Balaban J connectivity index is 0.00000243. The van der Waals surface area contributed by atoms with Crippen molar-refractivity contribution in [2.24, 2.45) is 0 Å². The number of halogens is 2. The topological polar surface area (TPSA) is 54.7 Å². The van der Waals surface area contributed by atoms with Gasteiger partial charge in [-0.2, -0.15) is 0 Å². The highest BCUT2D eigenvalue weighted by Gasteiger charge is 2.09. The predicted octanol–water partition coefficient (Wildman–Crippen LogP) is 5.53. The molecule has 1 amide bonds. The molecule has 3 aromatic rings. The van der Waals surface area contributed by atoms with Crippen molar-refractivity contribution in [3.8, 4) is 0 Å². The highest BCUT2D eigenvalue weighted by atomic mass is 79.9. The van der Waals surface area contributed by atoms with E-state index in [2.05, 4.69) is 49.4 Å². The minimum Gasteiger partial charge on any atom is -0.461 e. The van der Waals surface area contributed by atoms with Crippen LogP contribution >= 0.6 is 39.7 Å². The lowest BCUT2D eigenvalue weighted by atomic mass is 10.2. The third kappa shape index (κ3) is 5.48. The van der Waals surface area contributed by atoms with Gasteiger partial charge in [0.1, 0.15) is 11.3 Å². The number of rotatable bonds is 6. The summed E-state index contributed by atoms with van der Waals surface area (Å²) in [5.41, 5.74) is 1.50. The minimum atomic E-state index is -0.482. The standard InChI is InChI=1S/C18H19BrN2O3S.ClH/c1-21(10-16-9-13(19)11-25-16)6-5-15-8-12-7-14(20-18(22)23-2)3-4-17(12)24-15;/h3-4,7-9,11H,5-6,10H2,1-2H3,(H,20,22);1H. The molecule has 0 aliphatic heterocycles. The molecule has 5 nitrogen and oxygen atoms in total. The van der Waals surface area contributed by atoms with Crippen molar-refractivity contribution in [3.05, 3.63) is 50.8 Å². The number of methoxy groups -OCH3 is 1. The summed E-state index contributed by atoms with van der Waals surface area (Å²) in [5, 5.41) is 5.72. The molecule has 0 radical (unpaired) electrons. The number of fused-ring (bicyclic) bond motifs is 1. The van der Waals surface area contributed by atoms with Crippen LogP contribution in [0.3, 0.4) is 0 Å². The van der Waals surface area contributed by atoms with Gasteiger partial charge in [0, 0.05) is 45.3 Å². The van der Waals surface area contributed by atoms with Gasteiger partial charge in [-0.25, -0.2) is 4.79 Å². The summed E-state index contributed by atoms with van der Waals surface area (Å²) in [4.78, 5) is 14.9. The second-order valence-electron chi connectivity index (χ2n) is 5.80. The van der Waals surface area contributed by atoms with Crippen LogP contribution in [0.25, 0.3) is 11.0 Å². The Kier molecular flexibility index (Phi) is 7.52. The molecule has 2 aromatic heterocycles. The zero-order valence-corrected chi connectivity index (χ0v) is 17.7. The second kappa shape index (κ2) is 9.41. The summed E-state index contributed by atoms with van der Waals surface area (Å²) in [5.74, 6) is 0.935. The van der Waals surface area contributed by atoms with Gasteiger partial charge < -0.3 is 14.1 Å². The molecule has 26 heavy (non-hydrogen) atoms. The number of likely N-dealkylation sites (N-methyl/N-ethyl adjacent to an activating group) is 1. The fraction of sp³-hybridized carbons (Fsp3) is 0.278. The van der Waals surface area contributed by atoms with Gasteiger partial charge in [0.05, 0.1) is 7.11 Å². The van der Waals surface area contributed by atoms with Crippen LogP contribution in [0.15, 0.2) is 44.6 Å². The van der Waals surface area contributed by atoms with Gasteiger partial charge in [-0.1, -0.05) is 0 Å². The first-order valence-corrected chi connectivity index (χ1v) is 9.49. The predicted molar refractivity (Wildman–Crippen MR) is 112 cm³/mol. The van der Waals surface area contributed by atoms with Gasteiger partial charge in [-0.15, -0.1) is 23.7 Å². The molecule has 8 heteroatoms. The monoisotopic (exact) mass is 458 g/mol. The Morgan fingerprint density at radius 1 is 1.35 bits per heavy atom. The van der Waals surface area contributed by atoms with E-state index >= 15 is 0 Å². The largest absolute Gasteiger partial charge is 0.461 e. The maximum atomic E-state index is 11.3. The Hall–Kier alpha value is -1.54. The van der Waals surface area contributed by atoms with Crippen molar-refractivity contribution < 1.29 is 13.9 Å². The van der Waals surface area contributed by atoms with Crippen molar-refractivity contribution in [1.82, 2.24) is 4.90 Å². The van der Waals surface area contributed by atoms with Gasteiger partial charge >= 0.3 is 6.09 Å². The Bertz CT molecular complexity index is 880. The number of benzene rings is 1. The normalized spacial score (nSPS) is 10.8. The molecular weight excluding hydrogens is 440 g/mol. The lowest BCUT2D eigenvalue weighted by molar-refractivity contribution is 0.187. The Morgan fingerprint density at radius 3 is 2.85 bits per heavy atom. The van der Waals surface area contributed by atoms with E-state index in [1.54, 1.807) is 17.4 Å². The van der Waals surface area contributed by atoms with E-state index < -0.39 is 6.09 Å². The lowest BCUT2D eigenvalue weighted by Gasteiger charge is -2.14. The summed E-state index contributed by atoms with van der Waals surface area (Å²) in [6.07, 6.45) is 0.349. The van der Waals surface area contributed by atoms with Gasteiger partial charge in [0.15, 0.2) is 0 Å². The average molecular weight is 460 g/mol. The second-order valence-corrected chi connectivity index (χ2v) is 7.71. The van der Waals surface area contributed by atoms with E-state index in [1.165, 1.54) is 12.0 Å². The number of nitrogens with zero attached hydrogens (tertiary/aromatic N) is 1. The lowest BCUT2D eigenvalue weighted by Crippen LogP contribution is -2.19. The molecule has 0 bridgehead atoms. The molecule has 0 unspecified atom stereocenters. The van der Waals surface area contributed by atoms with Gasteiger partial charge in [0.2, 0.25) is 0 Å². The molecule has 140 valence electrons. The van der Waals surface area contributed by atoms with E-state index in [1.807, 2.05) is 18.2 Å². The fourth-order valence-corrected chi connectivity index (χ4v) is 4.08. The van der Waals surface area contributed by atoms with Gasteiger partial charge in [-0.05, 0) is 53.3 Å². The molecule has 0 spiro atoms. The summed E-state index contributed by atoms with van der Waals surface area (Å²) in [6, 6.07) is 9.71. The number of anilines is 1. The summed E-state index contributed by atoms with van der Waals surface area (Å²) in [6.45, 7) is 1.83. The van der Waals surface area contributed by atoms with Crippen molar-refractivity contribution in [1.29, 1.82) is 0 Å². The van der Waals surface area contributed by atoms with Gasteiger partial charge in [0.25, 0.3) is 0 Å². The van der Waals surface area contributed by atoms with Crippen LogP contribution in [0.1, 0.15) is 10.6 Å². The van der Waals surface area contributed by atoms with E-state index in [4.69, 9.17) is 4.42 Å². The molecule has 2 heterocycles. The zero-order chi connectivity index (χ0) is 17.8. The SMILES string of the molecule is COC(=O)Nc1ccc2oc(CCN(C)Cc3cc(Br)cs3)cc2c1.Cl. The molecule has 0 saturated heterocycles. The van der Waals surface area contributed by atoms with Crippen LogP contribution in [0.2, 0.25) is 0 Å². The zero-order valence-electron chi connectivity index (χ0n) is 14.5. The highest BCUT2D eigenvalue weighted by Crippen LogP contribution is 2.24. The third-order valence-electron chi connectivity index (χ3n) is 3.79. The molecule has 0 atom stereocenters. The minimum absolute atomic E-state index is 0. The summed E-state index contributed by atoms with van der Waals surface area (Å²) < 4.78 is 11.6. The number of nitrogens with one attached hydrogen (secondary N) is 1. The number of hydrogen-bond donors (Lipinski definition) is 1. The quantitative estimate of drug-likeness (QED) is 0.526. The molecule has 0 fully saturated rings. The molecule has 0 aliphatic rings. The number of hydrogen-bond acceptors (Lipinski definition) is 5. The van der Waals surface area contributed by atoms with E-state index in [-0.39, 0.29) is 12.4 Å². The van der Waals surface area contributed by atoms with E-state index in [0.29, 0.717) is 5.69 Å². The van der Waals surface area contributed by atoms with E-state index in [0.717, 1.165) is 40.7 Å². The number of carbonyl (C=O) groups excluding carboxylic acids is 1. The molecule has 1 N–H and O–H groups in total. The maximum absolute atomic E-state index is 11.3. The number of carbonyl (C=O) groups is 1. The van der Waals surface area contributed by atoms with Crippen molar-refractivity contribution in [2.75, 3.05) is 26.0 Å². The van der Waals surface area contributed by atoms with Crippen molar-refractivity contribution in [3.63, 3.8) is 0 Å². The number of furan rings is 1. The van der Waals surface area contributed by atoms with Crippen LogP contribution in [0, 0.1) is 0 Å². The number of ether oxygens (including phenoxy) is 1. The summed E-state index contributed by atoms with van der Waals surface area (Å²) >= 11 is 5.24. The first-order valence-electron chi connectivity index (χ1n) is 7.82. The Labute approximate surface area is 170 Å². The van der Waals surface area contributed by atoms with Crippen LogP contribution < -0.4 is 5.32 Å². The fourth-order valence-electron chi connectivity index (χ4n) is 2.55. The van der Waals surface area contributed by atoms with E-state index in [9.17, 15) is 4.79 Å². The number of amides is 1. The van der Waals surface area contributed by atoms with Crippen LogP contribution in [0.4, 0.5) is 10.5 Å². The maximum Gasteiger partial charge on any atom is 0.411 e. The third-order valence-corrected chi connectivity index (χ3v) is 5.47. The van der Waals surface area contributed by atoms with Crippen molar-refractivity contribution >= 4 is 62.4 Å². The molecule has 0 aliphatic carbocycles. The highest BCUT2D eigenvalue weighted by molar-refractivity contribution is 9.10. The van der Waals surface area contributed by atoms with Gasteiger partial charge in [-0.3, -0.25) is 5.32 Å². The summed E-state index contributed by atoms with van der Waals surface area (Å²) in [7, 11) is 3.45. The number of thiophene rings is 1. The smallest absolute Gasteiger partial charge is 0.411 e. The molecular formula is C18H20BrClN2O3S. The van der Waals surface area contributed by atoms with Crippen LogP contribution in [-0.2, 0) is 17.7 Å². The molecule has 3 rings (SSSR count). The first kappa shape index (κ1) is 20.8. The van der Waals surface area contributed by atoms with Crippen LogP contribution in [-0.4, -0.2) is 31.7 Å². The van der Waals surface area contributed by atoms with Crippen LogP contribution in [0.5, 0.6) is 0 Å². The average Bonchev–Trinajstić information content (AvgIpc) is 3.18. The van der Waals surface area contributed by atoms with Crippen molar-refractivity contribution in [2.45, 2.75) is 13.0 Å². The molecule has 1 aromatic carbocycles. The first-order chi connectivity index (χ1) is 12.0.